The van der Waals surface area contributed by atoms with Gasteiger partial charge in [0.2, 0.25) is 0 Å². The van der Waals surface area contributed by atoms with Crippen LogP contribution in [0.5, 0.6) is 0 Å². The van der Waals surface area contributed by atoms with Gasteiger partial charge < -0.3 is 4.74 Å². The topological polar surface area (TPSA) is 69.4 Å². The molecule has 0 unspecified atom stereocenters. The van der Waals surface area contributed by atoms with E-state index in [0.717, 1.165) is 6.08 Å². The Bertz CT molecular complexity index is 754. The van der Waals surface area contributed by atoms with Crippen molar-refractivity contribution in [1.82, 2.24) is 0 Å². The lowest BCUT2D eigenvalue weighted by Gasteiger charge is -2.06. The standard InChI is InChI=1S/C16H11Cl2NO4/c17-13-5-3-6-14(18)12(13)10-23-16(20)9-8-11-4-1-2-7-15(11)19(21)22/h1-9H,10H2/b9-8+. The third-order valence-corrected chi connectivity index (χ3v) is 3.66. The molecule has 0 saturated carbocycles. The Morgan fingerprint density at radius 3 is 2.43 bits per heavy atom. The van der Waals surface area contributed by atoms with E-state index in [9.17, 15) is 14.9 Å². The van der Waals surface area contributed by atoms with Crippen molar-refractivity contribution in [2.24, 2.45) is 0 Å². The molecule has 0 spiro atoms. The van der Waals surface area contributed by atoms with E-state index in [1.165, 1.54) is 18.2 Å². The van der Waals surface area contributed by atoms with E-state index in [1.54, 1.807) is 30.3 Å². The summed E-state index contributed by atoms with van der Waals surface area (Å²) in [4.78, 5) is 22.1. The van der Waals surface area contributed by atoms with Crippen LogP contribution in [0.15, 0.2) is 48.5 Å². The number of ether oxygens (including phenoxy) is 1. The summed E-state index contributed by atoms with van der Waals surface area (Å²) in [5.74, 6) is -0.654. The molecule has 118 valence electrons. The average Bonchev–Trinajstić information content (AvgIpc) is 2.52. The molecule has 2 rings (SSSR count). The summed E-state index contributed by atoms with van der Waals surface area (Å²) in [7, 11) is 0. The maximum absolute atomic E-state index is 11.7. The number of para-hydroxylation sites is 1. The predicted octanol–water partition coefficient (Wildman–Crippen LogP) is 4.66. The number of benzene rings is 2. The van der Waals surface area contributed by atoms with Crippen molar-refractivity contribution in [3.63, 3.8) is 0 Å². The van der Waals surface area contributed by atoms with Crippen LogP contribution in [0, 0.1) is 10.1 Å². The number of carbonyl (C=O) groups excluding carboxylic acids is 1. The monoisotopic (exact) mass is 351 g/mol. The largest absolute Gasteiger partial charge is 0.458 e. The second-order valence-corrected chi connectivity index (χ2v) is 5.27. The molecule has 7 heteroatoms. The average molecular weight is 352 g/mol. The van der Waals surface area contributed by atoms with Crippen LogP contribution in [-0.4, -0.2) is 10.9 Å². The van der Waals surface area contributed by atoms with Gasteiger partial charge in [0, 0.05) is 27.8 Å². The molecule has 2 aromatic rings. The zero-order valence-electron chi connectivity index (χ0n) is 11.7. The normalized spacial score (nSPS) is 10.7. The van der Waals surface area contributed by atoms with E-state index in [-0.39, 0.29) is 12.3 Å². The molecular formula is C16H11Cl2NO4. The highest BCUT2D eigenvalue weighted by atomic mass is 35.5. The molecule has 0 atom stereocenters. The number of halogens is 2. The Morgan fingerprint density at radius 2 is 1.78 bits per heavy atom. The van der Waals surface area contributed by atoms with Gasteiger partial charge in [-0.15, -0.1) is 0 Å². The van der Waals surface area contributed by atoms with Crippen LogP contribution in [0.25, 0.3) is 6.08 Å². The van der Waals surface area contributed by atoms with Gasteiger partial charge in [-0.3, -0.25) is 10.1 Å². The number of rotatable bonds is 5. The van der Waals surface area contributed by atoms with Gasteiger partial charge in [0.05, 0.1) is 10.5 Å². The van der Waals surface area contributed by atoms with Crippen LogP contribution >= 0.6 is 23.2 Å². The maximum atomic E-state index is 11.7. The second kappa shape index (κ2) is 7.76. The minimum absolute atomic E-state index is 0.0848. The van der Waals surface area contributed by atoms with Crippen LogP contribution < -0.4 is 0 Å². The quantitative estimate of drug-likeness (QED) is 0.340. The van der Waals surface area contributed by atoms with E-state index in [0.29, 0.717) is 21.2 Å². The molecule has 0 aliphatic heterocycles. The van der Waals surface area contributed by atoms with Gasteiger partial charge in [0.15, 0.2) is 0 Å². The summed E-state index contributed by atoms with van der Waals surface area (Å²) >= 11 is 11.9. The Labute approximate surface area is 142 Å². The lowest BCUT2D eigenvalue weighted by molar-refractivity contribution is -0.385. The minimum atomic E-state index is -0.654. The summed E-state index contributed by atoms with van der Waals surface area (Å²) in [6, 6.07) is 11.0. The van der Waals surface area contributed by atoms with Gasteiger partial charge in [-0.05, 0) is 24.3 Å². The summed E-state index contributed by atoms with van der Waals surface area (Å²) in [5.41, 5.74) is 0.721. The van der Waals surface area contributed by atoms with E-state index in [1.807, 2.05) is 0 Å². The number of nitro groups is 1. The van der Waals surface area contributed by atoms with Crippen LogP contribution in [-0.2, 0) is 16.1 Å². The molecule has 0 aliphatic carbocycles. The van der Waals surface area contributed by atoms with Gasteiger partial charge in [0.1, 0.15) is 6.61 Å². The number of carbonyl (C=O) groups is 1. The smallest absolute Gasteiger partial charge is 0.331 e. The van der Waals surface area contributed by atoms with Crippen molar-refractivity contribution in [2.75, 3.05) is 0 Å². The Balaban J connectivity index is 2.04. The molecule has 0 fully saturated rings. The molecule has 23 heavy (non-hydrogen) atoms. The predicted molar refractivity (Wildman–Crippen MR) is 88.4 cm³/mol. The Kier molecular flexibility index (Phi) is 5.73. The van der Waals surface area contributed by atoms with Gasteiger partial charge in [-0.2, -0.15) is 0 Å². The molecule has 0 amide bonds. The number of nitro benzene ring substituents is 1. The first-order chi connectivity index (χ1) is 11.0. The lowest BCUT2D eigenvalue weighted by atomic mass is 10.1. The van der Waals surface area contributed by atoms with Gasteiger partial charge in [-0.25, -0.2) is 4.79 Å². The first-order valence-corrected chi connectivity index (χ1v) is 7.26. The van der Waals surface area contributed by atoms with Crippen molar-refractivity contribution in [2.45, 2.75) is 6.61 Å². The SMILES string of the molecule is O=C(/C=C/c1ccccc1[N+](=O)[O-])OCc1c(Cl)cccc1Cl. The first-order valence-electron chi connectivity index (χ1n) is 6.50. The molecule has 5 nitrogen and oxygen atoms in total. The van der Waals surface area contributed by atoms with Crippen LogP contribution in [0.4, 0.5) is 5.69 Å². The first kappa shape index (κ1) is 17.0. The van der Waals surface area contributed by atoms with Crippen molar-refractivity contribution in [3.8, 4) is 0 Å². The van der Waals surface area contributed by atoms with Gasteiger partial charge in [-0.1, -0.05) is 41.4 Å². The number of nitrogens with zero attached hydrogens (tertiary/aromatic N) is 1. The Morgan fingerprint density at radius 1 is 1.13 bits per heavy atom. The fourth-order valence-corrected chi connectivity index (χ4v) is 2.32. The Hall–Kier alpha value is -2.37. The van der Waals surface area contributed by atoms with Crippen LogP contribution in [0.3, 0.4) is 0 Å². The summed E-state index contributed by atoms with van der Waals surface area (Å²) in [6.45, 7) is -0.0848. The molecule has 0 bridgehead atoms. The lowest BCUT2D eigenvalue weighted by Crippen LogP contribution is -2.02. The molecule has 0 aromatic heterocycles. The zero-order valence-corrected chi connectivity index (χ0v) is 13.3. The highest BCUT2D eigenvalue weighted by molar-refractivity contribution is 6.35. The van der Waals surface area contributed by atoms with Gasteiger partial charge in [0.25, 0.3) is 5.69 Å². The van der Waals surface area contributed by atoms with Crippen molar-refractivity contribution in [3.05, 3.63) is 79.8 Å². The van der Waals surface area contributed by atoms with Crippen LogP contribution in [0.1, 0.15) is 11.1 Å². The van der Waals surface area contributed by atoms with E-state index < -0.39 is 10.9 Å². The number of hydrogen-bond donors (Lipinski definition) is 0. The molecule has 0 saturated heterocycles. The van der Waals surface area contributed by atoms with Gasteiger partial charge >= 0.3 is 5.97 Å². The molecule has 0 aliphatic rings. The summed E-state index contributed by atoms with van der Waals surface area (Å²) in [5, 5.41) is 11.7. The minimum Gasteiger partial charge on any atom is -0.458 e. The third kappa shape index (κ3) is 4.55. The molecule has 0 heterocycles. The zero-order chi connectivity index (χ0) is 16.8. The maximum Gasteiger partial charge on any atom is 0.331 e. The number of esters is 1. The fraction of sp³-hybridized carbons (Fsp3) is 0.0625. The number of hydrogen-bond acceptors (Lipinski definition) is 4. The fourth-order valence-electron chi connectivity index (χ4n) is 1.81. The van der Waals surface area contributed by atoms with Crippen LogP contribution in [0.2, 0.25) is 10.0 Å². The van der Waals surface area contributed by atoms with Crippen molar-refractivity contribution >= 4 is 40.9 Å². The summed E-state index contributed by atoms with van der Waals surface area (Å²) in [6.07, 6.45) is 2.45. The molecule has 2 aromatic carbocycles. The third-order valence-electron chi connectivity index (χ3n) is 2.95. The molecule has 0 N–H and O–H groups in total. The van der Waals surface area contributed by atoms with Crippen molar-refractivity contribution < 1.29 is 14.5 Å². The summed E-state index contributed by atoms with van der Waals surface area (Å²) < 4.78 is 5.05. The second-order valence-electron chi connectivity index (χ2n) is 4.46. The van der Waals surface area contributed by atoms with E-state index in [2.05, 4.69) is 0 Å². The highest BCUT2D eigenvalue weighted by Crippen LogP contribution is 2.25. The highest BCUT2D eigenvalue weighted by Gasteiger charge is 2.11. The molecular weight excluding hydrogens is 341 g/mol. The van der Waals surface area contributed by atoms with E-state index in [4.69, 9.17) is 27.9 Å². The molecule has 0 radical (unpaired) electrons. The van der Waals surface area contributed by atoms with E-state index >= 15 is 0 Å². The van der Waals surface area contributed by atoms with Crippen molar-refractivity contribution in [1.29, 1.82) is 0 Å².